The predicted molar refractivity (Wildman–Crippen MR) is 66.7 cm³/mol. The van der Waals surface area contributed by atoms with Gasteiger partial charge in [-0.15, -0.1) is 0 Å². The Bertz CT molecular complexity index is 604. The number of nitrogen functional groups attached to an aromatic ring is 1. The molecule has 0 fully saturated rings. The Kier molecular flexibility index (Phi) is 3.46. The summed E-state index contributed by atoms with van der Waals surface area (Å²) in [5, 5.41) is 8.45. The van der Waals surface area contributed by atoms with Crippen molar-refractivity contribution in [2.75, 3.05) is 11.1 Å². The SMILES string of the molecule is CCc1[nH]nc(C(=O)Nc2c(F)cccc2F)c1N. The number of aryl methyl sites for hydroxylation is 1. The van der Waals surface area contributed by atoms with Gasteiger partial charge in [0.05, 0.1) is 11.4 Å². The number of nitrogens with two attached hydrogens (primary N) is 1. The lowest BCUT2D eigenvalue weighted by atomic mass is 10.2. The number of rotatable bonds is 3. The summed E-state index contributed by atoms with van der Waals surface area (Å²) in [6.07, 6.45) is 0.570. The largest absolute Gasteiger partial charge is 0.395 e. The Morgan fingerprint density at radius 2 is 2.05 bits per heavy atom. The van der Waals surface area contributed by atoms with Crippen LogP contribution in [0.3, 0.4) is 0 Å². The highest BCUT2D eigenvalue weighted by molar-refractivity contribution is 6.06. The number of hydrogen-bond acceptors (Lipinski definition) is 3. The number of nitrogens with zero attached hydrogens (tertiary/aromatic N) is 1. The van der Waals surface area contributed by atoms with Gasteiger partial charge >= 0.3 is 0 Å². The van der Waals surface area contributed by atoms with Crippen molar-refractivity contribution >= 4 is 17.3 Å². The van der Waals surface area contributed by atoms with Gasteiger partial charge in [-0.25, -0.2) is 8.78 Å². The van der Waals surface area contributed by atoms with E-state index < -0.39 is 23.2 Å². The molecule has 1 heterocycles. The maximum Gasteiger partial charge on any atom is 0.278 e. The second-order valence-corrected chi connectivity index (χ2v) is 3.87. The van der Waals surface area contributed by atoms with E-state index in [0.29, 0.717) is 12.1 Å². The first kappa shape index (κ1) is 13.0. The molecule has 0 aliphatic rings. The molecule has 19 heavy (non-hydrogen) atoms. The highest BCUT2D eigenvalue weighted by Crippen LogP contribution is 2.21. The van der Waals surface area contributed by atoms with E-state index in [-0.39, 0.29) is 11.4 Å². The van der Waals surface area contributed by atoms with Gasteiger partial charge in [-0.2, -0.15) is 5.10 Å². The molecule has 1 aromatic heterocycles. The number of benzene rings is 1. The molecule has 0 bridgehead atoms. The molecule has 2 aromatic rings. The molecule has 0 radical (unpaired) electrons. The maximum absolute atomic E-state index is 13.4. The minimum Gasteiger partial charge on any atom is -0.395 e. The van der Waals surface area contributed by atoms with Gasteiger partial charge in [0.1, 0.15) is 17.3 Å². The van der Waals surface area contributed by atoms with Crippen LogP contribution in [0.4, 0.5) is 20.2 Å². The van der Waals surface area contributed by atoms with Crippen LogP contribution in [0.5, 0.6) is 0 Å². The first-order valence-corrected chi connectivity index (χ1v) is 5.62. The second kappa shape index (κ2) is 5.05. The van der Waals surface area contributed by atoms with Crippen molar-refractivity contribution in [2.24, 2.45) is 0 Å². The van der Waals surface area contributed by atoms with E-state index in [4.69, 9.17) is 5.73 Å². The van der Waals surface area contributed by atoms with Crippen LogP contribution < -0.4 is 11.1 Å². The molecule has 0 saturated carbocycles. The zero-order valence-electron chi connectivity index (χ0n) is 10.1. The number of amides is 1. The summed E-state index contributed by atoms with van der Waals surface area (Å²) < 4.78 is 26.8. The van der Waals surface area contributed by atoms with Crippen molar-refractivity contribution in [1.29, 1.82) is 0 Å². The number of anilines is 2. The zero-order valence-corrected chi connectivity index (χ0v) is 10.1. The van der Waals surface area contributed by atoms with Gasteiger partial charge < -0.3 is 11.1 Å². The second-order valence-electron chi connectivity index (χ2n) is 3.87. The number of para-hydroxylation sites is 1. The van der Waals surface area contributed by atoms with Crippen molar-refractivity contribution < 1.29 is 13.6 Å². The highest BCUT2D eigenvalue weighted by Gasteiger charge is 2.19. The molecule has 5 nitrogen and oxygen atoms in total. The summed E-state index contributed by atoms with van der Waals surface area (Å²) in [6, 6.07) is 3.30. The molecule has 0 aliphatic heterocycles. The standard InChI is InChI=1S/C12H12F2N4O/c1-2-8-9(15)11(18-17-8)12(19)16-10-6(13)4-3-5-7(10)14/h3-5H,2,15H2,1H3,(H,16,19)(H,17,18). The van der Waals surface area contributed by atoms with Crippen molar-refractivity contribution in [3.63, 3.8) is 0 Å². The topological polar surface area (TPSA) is 83.8 Å². The number of hydrogen-bond donors (Lipinski definition) is 3. The first-order chi connectivity index (χ1) is 9.04. The smallest absolute Gasteiger partial charge is 0.278 e. The minimum atomic E-state index is -0.863. The van der Waals surface area contributed by atoms with Crippen LogP contribution in [0.1, 0.15) is 23.1 Å². The molecule has 7 heteroatoms. The molecule has 0 spiro atoms. The highest BCUT2D eigenvalue weighted by atomic mass is 19.1. The summed E-state index contributed by atoms with van der Waals surface area (Å²) in [4.78, 5) is 11.9. The van der Waals surface area contributed by atoms with Gasteiger partial charge in [-0.05, 0) is 18.6 Å². The van der Waals surface area contributed by atoms with Gasteiger partial charge in [0, 0.05) is 0 Å². The van der Waals surface area contributed by atoms with Gasteiger partial charge in [0.25, 0.3) is 5.91 Å². The van der Waals surface area contributed by atoms with E-state index in [2.05, 4.69) is 15.5 Å². The van der Waals surface area contributed by atoms with E-state index in [0.717, 1.165) is 12.1 Å². The number of halogens is 2. The van der Waals surface area contributed by atoms with Gasteiger partial charge in [0.15, 0.2) is 5.69 Å². The molecule has 4 N–H and O–H groups in total. The van der Waals surface area contributed by atoms with Crippen LogP contribution in [0.15, 0.2) is 18.2 Å². The van der Waals surface area contributed by atoms with E-state index >= 15 is 0 Å². The summed E-state index contributed by atoms with van der Waals surface area (Å²) in [5.41, 5.74) is 5.87. The number of aromatic nitrogens is 2. The number of H-pyrrole nitrogens is 1. The Labute approximate surface area is 107 Å². The number of carbonyl (C=O) groups excluding carboxylic acids is 1. The lowest BCUT2D eigenvalue weighted by Gasteiger charge is -2.06. The zero-order chi connectivity index (χ0) is 14.0. The summed E-state index contributed by atoms with van der Waals surface area (Å²) in [7, 11) is 0. The van der Waals surface area contributed by atoms with Crippen LogP contribution in [-0.2, 0) is 6.42 Å². The van der Waals surface area contributed by atoms with Crippen LogP contribution >= 0.6 is 0 Å². The molecule has 0 saturated heterocycles. The normalized spacial score (nSPS) is 10.5. The quantitative estimate of drug-likeness (QED) is 0.795. The van der Waals surface area contributed by atoms with Crippen LogP contribution in [0, 0.1) is 11.6 Å². The molecule has 0 unspecified atom stereocenters. The van der Waals surface area contributed by atoms with E-state index in [1.54, 1.807) is 0 Å². The maximum atomic E-state index is 13.4. The fraction of sp³-hybridized carbons (Fsp3) is 0.167. The third-order valence-corrected chi connectivity index (χ3v) is 2.65. The van der Waals surface area contributed by atoms with Crippen LogP contribution in [-0.4, -0.2) is 16.1 Å². The summed E-state index contributed by atoms with van der Waals surface area (Å²) >= 11 is 0. The van der Waals surface area contributed by atoms with Crippen molar-refractivity contribution in [3.05, 3.63) is 41.2 Å². The van der Waals surface area contributed by atoms with E-state index in [9.17, 15) is 13.6 Å². The third kappa shape index (κ3) is 2.40. The van der Waals surface area contributed by atoms with Gasteiger partial charge in [0.2, 0.25) is 0 Å². The molecule has 0 atom stereocenters. The third-order valence-electron chi connectivity index (χ3n) is 2.65. The Morgan fingerprint density at radius 3 is 2.58 bits per heavy atom. The monoisotopic (exact) mass is 266 g/mol. The van der Waals surface area contributed by atoms with Crippen LogP contribution in [0.25, 0.3) is 0 Å². The van der Waals surface area contributed by atoms with Crippen molar-refractivity contribution in [1.82, 2.24) is 10.2 Å². The summed E-state index contributed by atoms with van der Waals surface area (Å²) in [6.45, 7) is 1.84. The predicted octanol–water partition coefficient (Wildman–Crippen LogP) is 2.08. The van der Waals surface area contributed by atoms with Crippen molar-refractivity contribution in [3.8, 4) is 0 Å². The van der Waals surface area contributed by atoms with Gasteiger partial charge in [-0.1, -0.05) is 13.0 Å². The van der Waals surface area contributed by atoms with Crippen molar-refractivity contribution in [2.45, 2.75) is 13.3 Å². The lowest BCUT2D eigenvalue weighted by Crippen LogP contribution is -2.16. The average molecular weight is 266 g/mol. The van der Waals surface area contributed by atoms with Crippen LogP contribution in [0.2, 0.25) is 0 Å². The fourth-order valence-electron chi connectivity index (χ4n) is 1.62. The molecule has 100 valence electrons. The minimum absolute atomic E-state index is 0.0838. The number of nitrogens with one attached hydrogen (secondary N) is 2. The van der Waals surface area contributed by atoms with E-state index in [1.807, 2.05) is 6.92 Å². The number of aromatic amines is 1. The Morgan fingerprint density at radius 1 is 1.42 bits per heavy atom. The average Bonchev–Trinajstić information content (AvgIpc) is 2.75. The number of carbonyl (C=O) groups is 1. The molecular formula is C12H12F2N4O. The Balaban J connectivity index is 2.28. The van der Waals surface area contributed by atoms with Gasteiger partial charge in [-0.3, -0.25) is 9.89 Å². The molecular weight excluding hydrogens is 254 g/mol. The molecule has 1 amide bonds. The van der Waals surface area contributed by atoms with E-state index in [1.165, 1.54) is 6.07 Å². The fourth-order valence-corrected chi connectivity index (χ4v) is 1.62. The molecule has 0 aliphatic carbocycles. The Hall–Kier alpha value is -2.44. The molecule has 1 aromatic carbocycles. The first-order valence-electron chi connectivity index (χ1n) is 5.62. The molecule has 2 rings (SSSR count). The summed E-state index contributed by atoms with van der Waals surface area (Å²) in [5.74, 6) is -2.49. The lowest BCUT2D eigenvalue weighted by molar-refractivity contribution is 0.102.